The van der Waals surface area contributed by atoms with E-state index >= 15 is 0 Å². The Labute approximate surface area is 178 Å². The summed E-state index contributed by atoms with van der Waals surface area (Å²) in [5.74, 6) is -1.39. The van der Waals surface area contributed by atoms with E-state index in [-0.39, 0.29) is 17.8 Å². The molecular weight excluding hydrogens is 392 g/mol. The quantitative estimate of drug-likeness (QED) is 0.473. The van der Waals surface area contributed by atoms with E-state index in [2.05, 4.69) is 4.98 Å². The highest BCUT2D eigenvalue weighted by Gasteiger charge is 2.27. The molecule has 154 valence electrons. The van der Waals surface area contributed by atoms with Crippen molar-refractivity contribution in [2.45, 2.75) is 12.3 Å². The largest absolute Gasteiger partial charge is 0.494 e. The number of aromatic nitrogens is 2. The van der Waals surface area contributed by atoms with Gasteiger partial charge in [-0.2, -0.15) is 0 Å². The monoisotopic (exact) mass is 412 g/mol. The van der Waals surface area contributed by atoms with Gasteiger partial charge in [-0.05, 0) is 17.7 Å². The molecule has 0 aliphatic rings. The standard InChI is InChI=1S/C25H20N2O4/c28-21(18-12-6-2-7-13-18)16-20(17-10-4-1-5-11-17)22-23(29)26-25(31)27(24(22)30)19-14-8-3-9-15-19/h1-15,20,30H,16H2,(H,26,29,31). The molecule has 6 heteroatoms. The molecule has 4 aromatic rings. The number of Topliss-reactive ketones (excluding diaryl/α,β-unsaturated/α-hetero) is 1. The lowest BCUT2D eigenvalue weighted by Crippen LogP contribution is -2.33. The zero-order valence-electron chi connectivity index (χ0n) is 16.6. The zero-order chi connectivity index (χ0) is 21.8. The zero-order valence-corrected chi connectivity index (χ0v) is 16.6. The molecule has 3 aromatic carbocycles. The fraction of sp³-hybridized carbons (Fsp3) is 0.0800. The van der Waals surface area contributed by atoms with Gasteiger partial charge >= 0.3 is 5.69 Å². The molecule has 0 saturated heterocycles. The molecule has 0 fully saturated rings. The highest BCUT2D eigenvalue weighted by atomic mass is 16.3. The molecule has 0 bridgehead atoms. The van der Waals surface area contributed by atoms with E-state index in [1.807, 2.05) is 12.1 Å². The Balaban J connectivity index is 1.89. The van der Waals surface area contributed by atoms with Crippen molar-refractivity contribution in [1.29, 1.82) is 0 Å². The maximum atomic E-state index is 13.0. The lowest BCUT2D eigenvalue weighted by Gasteiger charge is -2.19. The summed E-state index contributed by atoms with van der Waals surface area (Å²) in [6.45, 7) is 0. The van der Waals surface area contributed by atoms with Crippen molar-refractivity contribution < 1.29 is 9.90 Å². The van der Waals surface area contributed by atoms with E-state index < -0.39 is 23.0 Å². The Morgan fingerprint density at radius 1 is 0.839 bits per heavy atom. The summed E-state index contributed by atoms with van der Waals surface area (Å²) in [5, 5.41) is 11.1. The minimum atomic E-state index is -0.751. The van der Waals surface area contributed by atoms with Gasteiger partial charge in [0.25, 0.3) is 5.56 Å². The van der Waals surface area contributed by atoms with Gasteiger partial charge in [-0.3, -0.25) is 14.6 Å². The van der Waals surface area contributed by atoms with Gasteiger partial charge in [0.05, 0.1) is 11.3 Å². The fourth-order valence-electron chi connectivity index (χ4n) is 3.67. The molecule has 0 radical (unpaired) electrons. The van der Waals surface area contributed by atoms with Crippen LogP contribution in [-0.2, 0) is 0 Å². The van der Waals surface area contributed by atoms with Gasteiger partial charge in [0.1, 0.15) is 0 Å². The molecule has 1 unspecified atom stereocenters. The van der Waals surface area contributed by atoms with Crippen LogP contribution in [0.25, 0.3) is 5.69 Å². The number of H-pyrrole nitrogens is 1. The summed E-state index contributed by atoms with van der Waals surface area (Å²) in [7, 11) is 0. The molecule has 0 aliphatic heterocycles. The Morgan fingerprint density at radius 2 is 1.39 bits per heavy atom. The summed E-state index contributed by atoms with van der Waals surface area (Å²) in [6.07, 6.45) is -0.0440. The van der Waals surface area contributed by atoms with Crippen LogP contribution in [0.5, 0.6) is 5.88 Å². The number of para-hydroxylation sites is 1. The number of benzene rings is 3. The molecule has 0 saturated carbocycles. The third-order valence-electron chi connectivity index (χ3n) is 5.17. The third-order valence-corrected chi connectivity index (χ3v) is 5.17. The fourth-order valence-corrected chi connectivity index (χ4v) is 3.67. The Bertz CT molecular complexity index is 1310. The topological polar surface area (TPSA) is 92.2 Å². The van der Waals surface area contributed by atoms with E-state index in [1.54, 1.807) is 78.9 Å². The molecule has 1 heterocycles. The van der Waals surface area contributed by atoms with E-state index in [0.717, 1.165) is 4.57 Å². The summed E-state index contributed by atoms with van der Waals surface area (Å²) < 4.78 is 1.04. The second kappa shape index (κ2) is 8.67. The van der Waals surface area contributed by atoms with Gasteiger partial charge in [0.2, 0.25) is 5.88 Å². The first kappa shape index (κ1) is 20.1. The number of aromatic amines is 1. The maximum Gasteiger partial charge on any atom is 0.335 e. The van der Waals surface area contributed by atoms with Crippen molar-refractivity contribution in [1.82, 2.24) is 9.55 Å². The van der Waals surface area contributed by atoms with Crippen LogP contribution in [-0.4, -0.2) is 20.4 Å². The van der Waals surface area contributed by atoms with E-state index in [0.29, 0.717) is 16.8 Å². The van der Waals surface area contributed by atoms with Crippen molar-refractivity contribution in [3.8, 4) is 11.6 Å². The van der Waals surface area contributed by atoms with Gasteiger partial charge in [-0.15, -0.1) is 0 Å². The van der Waals surface area contributed by atoms with Crippen molar-refractivity contribution >= 4 is 5.78 Å². The normalized spacial score (nSPS) is 11.7. The summed E-state index contributed by atoms with van der Waals surface area (Å²) in [5.41, 5.74) is 0.104. The van der Waals surface area contributed by atoms with Crippen LogP contribution >= 0.6 is 0 Å². The Kier molecular flexibility index (Phi) is 5.62. The second-order valence-electron chi connectivity index (χ2n) is 7.12. The average Bonchev–Trinajstić information content (AvgIpc) is 2.80. The predicted octanol–water partition coefficient (Wildman–Crippen LogP) is 3.64. The SMILES string of the molecule is O=C(CC(c1ccccc1)c1c(O)n(-c2ccccc2)c(=O)[nH]c1=O)c1ccccc1. The molecule has 0 amide bonds. The minimum absolute atomic E-state index is 0.0288. The van der Waals surface area contributed by atoms with E-state index in [4.69, 9.17) is 0 Å². The second-order valence-corrected chi connectivity index (χ2v) is 7.12. The highest BCUT2D eigenvalue weighted by Crippen LogP contribution is 2.32. The molecule has 1 atom stereocenters. The number of nitrogens with one attached hydrogen (secondary N) is 1. The molecule has 0 aliphatic carbocycles. The lowest BCUT2D eigenvalue weighted by atomic mass is 9.86. The first-order valence-corrected chi connectivity index (χ1v) is 9.83. The number of nitrogens with zero attached hydrogens (tertiary/aromatic N) is 1. The van der Waals surface area contributed by atoms with Gasteiger partial charge in [-0.1, -0.05) is 78.9 Å². The van der Waals surface area contributed by atoms with Crippen LogP contribution < -0.4 is 11.2 Å². The summed E-state index contributed by atoms with van der Waals surface area (Å²) >= 11 is 0. The number of hydrogen-bond donors (Lipinski definition) is 2. The highest BCUT2D eigenvalue weighted by molar-refractivity contribution is 5.96. The molecule has 2 N–H and O–H groups in total. The Hall–Kier alpha value is -4.19. The van der Waals surface area contributed by atoms with Crippen LogP contribution in [0.1, 0.15) is 33.8 Å². The van der Waals surface area contributed by atoms with Crippen LogP contribution in [0.4, 0.5) is 0 Å². The van der Waals surface area contributed by atoms with Crippen LogP contribution in [0.2, 0.25) is 0 Å². The van der Waals surface area contributed by atoms with Crippen LogP contribution in [0.3, 0.4) is 0 Å². The number of aromatic hydroxyl groups is 1. The van der Waals surface area contributed by atoms with Crippen LogP contribution in [0, 0.1) is 0 Å². The van der Waals surface area contributed by atoms with E-state index in [1.165, 1.54) is 0 Å². The van der Waals surface area contributed by atoms with Crippen molar-refractivity contribution in [2.75, 3.05) is 0 Å². The Morgan fingerprint density at radius 3 is 2.00 bits per heavy atom. The molecular formula is C25H20N2O4. The molecule has 6 nitrogen and oxygen atoms in total. The molecule has 1 aromatic heterocycles. The predicted molar refractivity (Wildman–Crippen MR) is 118 cm³/mol. The molecule has 31 heavy (non-hydrogen) atoms. The van der Waals surface area contributed by atoms with Gasteiger partial charge < -0.3 is 5.11 Å². The summed E-state index contributed by atoms with van der Waals surface area (Å²) in [6, 6.07) is 26.3. The van der Waals surface area contributed by atoms with Crippen molar-refractivity contribution in [2.24, 2.45) is 0 Å². The van der Waals surface area contributed by atoms with Crippen molar-refractivity contribution in [3.05, 3.63) is 129 Å². The number of carbonyl (C=O) groups excluding carboxylic acids is 1. The average molecular weight is 412 g/mol. The molecule has 4 rings (SSSR count). The minimum Gasteiger partial charge on any atom is -0.494 e. The first-order valence-electron chi connectivity index (χ1n) is 9.83. The first-order chi connectivity index (χ1) is 15.1. The number of hydrogen-bond acceptors (Lipinski definition) is 4. The maximum absolute atomic E-state index is 13.0. The van der Waals surface area contributed by atoms with E-state index in [9.17, 15) is 19.5 Å². The number of carbonyl (C=O) groups is 1. The summed E-state index contributed by atoms with van der Waals surface area (Å²) in [4.78, 5) is 40.6. The van der Waals surface area contributed by atoms with Crippen LogP contribution in [0.15, 0.2) is 101 Å². The number of ketones is 1. The van der Waals surface area contributed by atoms with Gasteiger partial charge in [-0.25, -0.2) is 9.36 Å². The lowest BCUT2D eigenvalue weighted by molar-refractivity contribution is 0.0977. The number of rotatable bonds is 6. The third kappa shape index (κ3) is 4.09. The van der Waals surface area contributed by atoms with Gasteiger partial charge in [0.15, 0.2) is 5.78 Å². The smallest absolute Gasteiger partial charge is 0.335 e. The molecule has 0 spiro atoms. The van der Waals surface area contributed by atoms with Gasteiger partial charge in [0, 0.05) is 17.9 Å². The van der Waals surface area contributed by atoms with Crippen molar-refractivity contribution in [3.63, 3.8) is 0 Å².